The fraction of sp³-hybridized carbons (Fsp3) is 0.414. The number of nitrogens with zero attached hydrogens (tertiary/aromatic N) is 6. The van der Waals surface area contributed by atoms with E-state index in [4.69, 9.17) is 10.1 Å². The average molecular weight is 518 g/mol. The summed E-state index contributed by atoms with van der Waals surface area (Å²) >= 11 is 0. The lowest BCUT2D eigenvalue weighted by Gasteiger charge is -2.35. The molecule has 0 unspecified atom stereocenters. The largest absolute Gasteiger partial charge is 0.390 e. The van der Waals surface area contributed by atoms with Crippen LogP contribution in [0.25, 0.3) is 10.9 Å². The van der Waals surface area contributed by atoms with Crippen LogP contribution in [0.5, 0.6) is 0 Å². The van der Waals surface area contributed by atoms with Crippen LogP contribution < -0.4 is 5.32 Å². The summed E-state index contributed by atoms with van der Waals surface area (Å²) in [5.74, 6) is 1.42. The molecule has 2 N–H and O–H groups in total. The first-order valence-electron chi connectivity index (χ1n) is 13.1. The van der Waals surface area contributed by atoms with Gasteiger partial charge in [-0.3, -0.25) is 9.69 Å². The van der Waals surface area contributed by atoms with Gasteiger partial charge in [0.25, 0.3) is 5.91 Å². The Morgan fingerprint density at radius 3 is 2.66 bits per heavy atom. The fourth-order valence-corrected chi connectivity index (χ4v) is 4.52. The number of aliphatic imine (C=N–C) groups is 1. The van der Waals surface area contributed by atoms with Crippen molar-refractivity contribution >= 4 is 28.3 Å². The molecular weight excluding hydrogens is 478 g/mol. The summed E-state index contributed by atoms with van der Waals surface area (Å²) in [6, 6.07) is 6.05. The molecule has 2 aromatic heterocycles. The lowest BCUT2D eigenvalue weighted by atomic mass is 10.1. The van der Waals surface area contributed by atoms with Crippen LogP contribution in [-0.2, 0) is 13.6 Å². The molecule has 0 spiro atoms. The Bertz CT molecular complexity index is 1420. The Hall–Kier alpha value is -3.69. The number of aryl methyl sites for hydroxylation is 2. The summed E-state index contributed by atoms with van der Waals surface area (Å²) in [4.78, 5) is 21.6. The van der Waals surface area contributed by atoms with Crippen molar-refractivity contribution in [3.63, 3.8) is 0 Å². The molecule has 1 fully saturated rings. The first kappa shape index (κ1) is 27.3. The molecule has 1 saturated heterocycles. The number of allylic oxidation sites excluding steroid dienone is 3. The Morgan fingerprint density at radius 2 is 2.03 bits per heavy atom. The number of fused-ring (bicyclic) bond motifs is 1. The van der Waals surface area contributed by atoms with Crippen molar-refractivity contribution in [3.8, 4) is 0 Å². The van der Waals surface area contributed by atoms with E-state index in [1.807, 2.05) is 72.9 Å². The van der Waals surface area contributed by atoms with Gasteiger partial charge in [0.15, 0.2) is 5.84 Å². The van der Waals surface area contributed by atoms with Crippen LogP contribution in [0, 0.1) is 6.92 Å². The molecule has 3 heterocycles. The molecule has 4 rings (SSSR count). The maximum Gasteiger partial charge on any atom is 0.255 e. The van der Waals surface area contributed by atoms with Crippen molar-refractivity contribution < 1.29 is 9.90 Å². The fourth-order valence-electron chi connectivity index (χ4n) is 4.52. The molecule has 0 radical (unpaired) electrons. The number of amides is 1. The molecule has 0 bridgehead atoms. The van der Waals surface area contributed by atoms with Gasteiger partial charge in [0.2, 0.25) is 0 Å². The van der Waals surface area contributed by atoms with Crippen LogP contribution in [0.3, 0.4) is 0 Å². The molecule has 9 nitrogen and oxygen atoms in total. The van der Waals surface area contributed by atoms with Gasteiger partial charge in [-0.05, 0) is 57.0 Å². The predicted molar refractivity (Wildman–Crippen MR) is 153 cm³/mol. The van der Waals surface area contributed by atoms with Crippen molar-refractivity contribution in [2.24, 2.45) is 12.0 Å². The van der Waals surface area contributed by atoms with E-state index in [0.717, 1.165) is 52.2 Å². The van der Waals surface area contributed by atoms with E-state index >= 15 is 0 Å². The van der Waals surface area contributed by atoms with Gasteiger partial charge >= 0.3 is 0 Å². The second-order valence-corrected chi connectivity index (χ2v) is 10.2. The van der Waals surface area contributed by atoms with Crippen LogP contribution in [0.4, 0.5) is 5.69 Å². The average Bonchev–Trinajstić information content (AvgIpc) is 3.40. The van der Waals surface area contributed by atoms with Crippen LogP contribution >= 0.6 is 0 Å². The molecule has 3 aromatic rings. The van der Waals surface area contributed by atoms with Gasteiger partial charge in [-0.25, -0.2) is 9.67 Å². The Morgan fingerprint density at radius 1 is 1.29 bits per heavy atom. The number of hydrogen-bond acceptors (Lipinski definition) is 6. The number of rotatable bonds is 8. The maximum absolute atomic E-state index is 12.8. The quantitative estimate of drug-likeness (QED) is 0.346. The van der Waals surface area contributed by atoms with Crippen LogP contribution in [0.1, 0.15) is 48.8 Å². The van der Waals surface area contributed by atoms with Crippen molar-refractivity contribution in [1.82, 2.24) is 24.1 Å². The highest BCUT2D eigenvalue weighted by Crippen LogP contribution is 2.27. The van der Waals surface area contributed by atoms with E-state index in [-0.39, 0.29) is 12.0 Å². The first-order valence-corrected chi connectivity index (χ1v) is 13.1. The molecule has 1 aliphatic heterocycles. The Labute approximate surface area is 224 Å². The van der Waals surface area contributed by atoms with Gasteiger partial charge in [-0.2, -0.15) is 5.10 Å². The molecular formula is C29H39N7O2. The second-order valence-electron chi connectivity index (χ2n) is 10.2. The summed E-state index contributed by atoms with van der Waals surface area (Å²) in [6.07, 6.45) is 8.40. The number of nitrogens with one attached hydrogen (secondary N) is 1. The third-order valence-electron chi connectivity index (χ3n) is 6.93. The summed E-state index contributed by atoms with van der Waals surface area (Å²) in [6.45, 7) is 10.3. The highest BCUT2D eigenvalue weighted by atomic mass is 16.3. The molecule has 1 aliphatic rings. The number of anilines is 1. The molecule has 0 aliphatic carbocycles. The van der Waals surface area contributed by atoms with Gasteiger partial charge in [0, 0.05) is 75.3 Å². The van der Waals surface area contributed by atoms with Gasteiger partial charge in [0.05, 0.1) is 17.4 Å². The van der Waals surface area contributed by atoms with E-state index in [0.29, 0.717) is 24.5 Å². The third kappa shape index (κ3) is 5.74. The smallest absolute Gasteiger partial charge is 0.255 e. The zero-order valence-corrected chi connectivity index (χ0v) is 23.5. The van der Waals surface area contributed by atoms with Gasteiger partial charge in [-0.15, -0.1) is 0 Å². The minimum atomic E-state index is -0.228. The molecule has 1 amide bonds. The predicted octanol–water partition coefficient (Wildman–Crippen LogP) is 4.14. The number of aliphatic hydroxyl groups is 1. The Balaban J connectivity index is 1.68. The molecule has 202 valence electrons. The van der Waals surface area contributed by atoms with Crippen molar-refractivity contribution in [2.75, 3.05) is 32.5 Å². The van der Waals surface area contributed by atoms with E-state index in [1.54, 1.807) is 19.0 Å². The third-order valence-corrected chi connectivity index (χ3v) is 6.93. The summed E-state index contributed by atoms with van der Waals surface area (Å²) in [5.41, 5.74) is 5.68. The van der Waals surface area contributed by atoms with E-state index in [1.165, 1.54) is 0 Å². The highest BCUT2D eigenvalue weighted by molar-refractivity contribution is 6.07. The number of aromatic nitrogens is 3. The number of carbonyl (C=O) groups excluding carboxylic acids is 1. The van der Waals surface area contributed by atoms with Gasteiger partial charge < -0.3 is 19.9 Å². The number of hydrogen-bond donors (Lipinski definition) is 2. The minimum absolute atomic E-state index is 0.0285. The topological polar surface area (TPSA) is 90.9 Å². The standard InChI is InChI=1S/C29H39N7O2/c1-8-10-27(36-15-21(20(4)32-36)14-35-16-23(37)17-35)31-28(19(3)9-2)30-22-11-12-26-24(13-22)25(18-34(26)7)29(38)33(5)6/h8,10-13,15,18,23,30,37H,9,14,16-17H2,1-7H3/b10-8-,28-19+,31-27+. The van der Waals surface area contributed by atoms with E-state index < -0.39 is 0 Å². The molecule has 1 aromatic carbocycles. The number of benzene rings is 1. The molecule has 38 heavy (non-hydrogen) atoms. The summed E-state index contributed by atoms with van der Waals surface area (Å²) in [5, 5.41) is 18.8. The molecule has 0 atom stereocenters. The van der Waals surface area contributed by atoms with Crippen LogP contribution in [0.2, 0.25) is 0 Å². The molecule has 9 heteroatoms. The van der Waals surface area contributed by atoms with Gasteiger partial charge in [0.1, 0.15) is 5.82 Å². The van der Waals surface area contributed by atoms with Crippen LogP contribution in [-0.4, -0.2) is 74.3 Å². The van der Waals surface area contributed by atoms with Crippen molar-refractivity contribution in [2.45, 2.75) is 46.8 Å². The number of carbonyl (C=O) groups is 1. The van der Waals surface area contributed by atoms with Crippen molar-refractivity contribution in [3.05, 3.63) is 71.0 Å². The normalized spacial score (nSPS) is 15.7. The lowest BCUT2D eigenvalue weighted by molar-refractivity contribution is -0.00297. The maximum atomic E-state index is 12.8. The monoisotopic (exact) mass is 517 g/mol. The SMILES string of the molecule is C\C=C/C(=N\C(Nc1ccc2c(c1)c(C(=O)N(C)C)cn2C)=C(/C)CC)n1cc(CN2CC(O)C2)c(C)n1. The summed E-state index contributed by atoms with van der Waals surface area (Å²) < 4.78 is 3.80. The highest BCUT2D eigenvalue weighted by Gasteiger charge is 2.25. The zero-order chi connectivity index (χ0) is 27.6. The number of β-amino-alcohol motifs (C(OH)–C–C–N with tert-alkyl or cyclic N) is 1. The van der Waals surface area contributed by atoms with Crippen LogP contribution in [0.15, 0.2) is 59.1 Å². The second kappa shape index (κ2) is 11.4. The minimum Gasteiger partial charge on any atom is -0.390 e. The Kier molecular flexibility index (Phi) is 8.18. The first-order chi connectivity index (χ1) is 18.1. The van der Waals surface area contributed by atoms with E-state index in [9.17, 15) is 9.90 Å². The zero-order valence-electron chi connectivity index (χ0n) is 23.5. The number of aliphatic hydroxyl groups excluding tert-OH is 1. The van der Waals surface area contributed by atoms with E-state index in [2.05, 4.69) is 24.1 Å². The summed E-state index contributed by atoms with van der Waals surface area (Å²) in [7, 11) is 5.48. The molecule has 0 saturated carbocycles. The van der Waals surface area contributed by atoms with Gasteiger partial charge in [-0.1, -0.05) is 13.0 Å². The van der Waals surface area contributed by atoms with Crippen molar-refractivity contribution in [1.29, 1.82) is 0 Å². The lowest BCUT2D eigenvalue weighted by Crippen LogP contribution is -2.49. The number of likely N-dealkylation sites (tertiary alicyclic amines) is 1.